The Hall–Kier alpha value is -1.00. The molecule has 1 atom stereocenters. The second-order valence-electron chi connectivity index (χ2n) is 3.87. The molecular formula is C12H11NOS2. The predicted molar refractivity (Wildman–Crippen MR) is 68.5 cm³/mol. The van der Waals surface area contributed by atoms with Crippen molar-refractivity contribution in [2.75, 3.05) is 5.75 Å². The molecule has 0 spiro atoms. The van der Waals surface area contributed by atoms with E-state index in [1.165, 1.54) is 21.8 Å². The Kier molecular flexibility index (Phi) is 2.61. The topological polar surface area (TPSA) is 22.0 Å². The maximum absolute atomic E-state index is 11.5. The maximum Gasteiger partial charge on any atom is 0.307 e. The third-order valence-corrected chi connectivity index (χ3v) is 4.81. The zero-order valence-corrected chi connectivity index (χ0v) is 10.3. The van der Waals surface area contributed by atoms with Gasteiger partial charge in [0.1, 0.15) is 0 Å². The van der Waals surface area contributed by atoms with Gasteiger partial charge in [-0.3, -0.25) is 4.79 Å². The van der Waals surface area contributed by atoms with Crippen LogP contribution < -0.4 is 4.87 Å². The lowest BCUT2D eigenvalue weighted by molar-refractivity contribution is 0.598. The van der Waals surface area contributed by atoms with E-state index in [9.17, 15) is 4.79 Å². The summed E-state index contributed by atoms with van der Waals surface area (Å²) < 4.78 is 1.82. The molecule has 16 heavy (non-hydrogen) atoms. The van der Waals surface area contributed by atoms with Crippen molar-refractivity contribution in [3.63, 3.8) is 0 Å². The first-order valence-electron chi connectivity index (χ1n) is 5.20. The van der Waals surface area contributed by atoms with Crippen molar-refractivity contribution < 1.29 is 0 Å². The summed E-state index contributed by atoms with van der Waals surface area (Å²) in [5.74, 6) is 1.57. The van der Waals surface area contributed by atoms with E-state index in [4.69, 9.17) is 0 Å². The molecule has 0 saturated heterocycles. The quantitative estimate of drug-likeness (QED) is 0.816. The minimum absolute atomic E-state index is 0.148. The summed E-state index contributed by atoms with van der Waals surface area (Å²) in [6, 6.07) is 8.49. The number of hydrogen-bond acceptors (Lipinski definition) is 3. The Morgan fingerprint density at radius 3 is 3.06 bits per heavy atom. The third kappa shape index (κ3) is 1.72. The Bertz CT molecular complexity index is 558. The average Bonchev–Trinajstić information content (AvgIpc) is 2.88. The van der Waals surface area contributed by atoms with Crippen molar-refractivity contribution in [1.82, 2.24) is 4.57 Å². The zero-order chi connectivity index (χ0) is 11.0. The smallest absolute Gasteiger partial charge is 0.305 e. The van der Waals surface area contributed by atoms with Crippen LogP contribution >= 0.6 is 23.1 Å². The van der Waals surface area contributed by atoms with Crippen molar-refractivity contribution in [2.45, 2.75) is 17.4 Å². The summed E-state index contributed by atoms with van der Waals surface area (Å²) in [4.78, 5) is 13.0. The Morgan fingerprint density at radius 1 is 1.38 bits per heavy atom. The van der Waals surface area contributed by atoms with Crippen molar-refractivity contribution >= 4 is 23.1 Å². The molecule has 0 aliphatic carbocycles. The van der Waals surface area contributed by atoms with Crippen LogP contribution in [0.3, 0.4) is 0 Å². The van der Waals surface area contributed by atoms with E-state index in [1.807, 2.05) is 27.9 Å². The van der Waals surface area contributed by atoms with Gasteiger partial charge in [-0.25, -0.2) is 0 Å². The fourth-order valence-electron chi connectivity index (χ4n) is 2.04. The molecule has 1 aliphatic heterocycles. The van der Waals surface area contributed by atoms with Crippen LogP contribution in [0.25, 0.3) is 0 Å². The normalized spacial score (nSPS) is 18.6. The molecule has 0 amide bonds. The van der Waals surface area contributed by atoms with Gasteiger partial charge >= 0.3 is 4.87 Å². The highest BCUT2D eigenvalue weighted by Crippen LogP contribution is 2.39. The summed E-state index contributed by atoms with van der Waals surface area (Å²) in [6.07, 6.45) is 1.89. The monoisotopic (exact) mass is 249 g/mol. The number of aromatic nitrogens is 1. The lowest BCUT2D eigenvalue weighted by atomic mass is 10.0. The summed E-state index contributed by atoms with van der Waals surface area (Å²) in [6.45, 7) is 0.812. The van der Waals surface area contributed by atoms with Crippen LogP contribution in [-0.4, -0.2) is 10.3 Å². The second-order valence-corrected chi connectivity index (χ2v) is 5.79. The molecule has 0 radical (unpaired) electrons. The highest BCUT2D eigenvalue weighted by atomic mass is 32.2. The van der Waals surface area contributed by atoms with Crippen molar-refractivity contribution in [2.24, 2.45) is 0 Å². The molecule has 1 aromatic heterocycles. The summed E-state index contributed by atoms with van der Waals surface area (Å²) in [7, 11) is 0. The van der Waals surface area contributed by atoms with E-state index >= 15 is 0 Å². The number of benzene rings is 1. The summed E-state index contributed by atoms with van der Waals surface area (Å²) in [5, 5.41) is 1.86. The van der Waals surface area contributed by atoms with Gasteiger partial charge < -0.3 is 4.57 Å². The van der Waals surface area contributed by atoms with E-state index in [-0.39, 0.29) is 4.87 Å². The third-order valence-electron chi connectivity index (χ3n) is 2.86. The number of thiazole rings is 1. The highest BCUT2D eigenvalue weighted by molar-refractivity contribution is 7.99. The number of fused-ring (bicyclic) bond motifs is 1. The van der Waals surface area contributed by atoms with E-state index < -0.39 is 0 Å². The van der Waals surface area contributed by atoms with Crippen LogP contribution in [0.4, 0.5) is 0 Å². The van der Waals surface area contributed by atoms with Crippen molar-refractivity contribution in [3.05, 3.63) is 51.1 Å². The summed E-state index contributed by atoms with van der Waals surface area (Å²) >= 11 is 3.16. The first-order valence-corrected chi connectivity index (χ1v) is 7.07. The van der Waals surface area contributed by atoms with Gasteiger partial charge in [-0.1, -0.05) is 29.5 Å². The molecule has 0 N–H and O–H groups in total. The van der Waals surface area contributed by atoms with Gasteiger partial charge in [-0.15, -0.1) is 11.8 Å². The molecule has 0 bridgehead atoms. The highest BCUT2D eigenvalue weighted by Gasteiger charge is 2.23. The number of rotatable bonds is 2. The molecule has 1 aliphatic rings. The zero-order valence-electron chi connectivity index (χ0n) is 8.63. The molecular weight excluding hydrogens is 238 g/mol. The Balaban J connectivity index is 1.89. The maximum atomic E-state index is 11.5. The van der Waals surface area contributed by atoms with Gasteiger partial charge in [-0.05, 0) is 11.6 Å². The lowest BCUT2D eigenvalue weighted by Gasteiger charge is -2.10. The van der Waals surface area contributed by atoms with E-state index in [0.717, 1.165) is 12.3 Å². The molecule has 2 nitrogen and oxygen atoms in total. The number of thioether (sulfide) groups is 1. The largest absolute Gasteiger partial charge is 0.307 e. The molecule has 82 valence electrons. The van der Waals surface area contributed by atoms with Gasteiger partial charge in [0, 0.05) is 34.7 Å². The van der Waals surface area contributed by atoms with Gasteiger partial charge in [0.2, 0.25) is 0 Å². The molecule has 0 fully saturated rings. The molecule has 1 unspecified atom stereocenters. The second kappa shape index (κ2) is 4.11. The molecule has 0 saturated carbocycles. The fraction of sp³-hybridized carbons (Fsp3) is 0.250. The molecule has 2 aromatic rings. The molecule has 3 rings (SSSR count). The van der Waals surface area contributed by atoms with Crippen LogP contribution in [0, 0.1) is 0 Å². The van der Waals surface area contributed by atoms with Crippen LogP contribution in [0.5, 0.6) is 0 Å². The predicted octanol–water partition coefficient (Wildman–Crippen LogP) is 2.80. The van der Waals surface area contributed by atoms with E-state index in [2.05, 4.69) is 24.3 Å². The van der Waals surface area contributed by atoms with Crippen molar-refractivity contribution in [3.8, 4) is 0 Å². The van der Waals surface area contributed by atoms with Crippen LogP contribution in [0.2, 0.25) is 0 Å². The van der Waals surface area contributed by atoms with Crippen molar-refractivity contribution in [1.29, 1.82) is 0 Å². The van der Waals surface area contributed by atoms with Gasteiger partial charge in [-0.2, -0.15) is 0 Å². The SMILES string of the molecule is O=c1sccn1CC1CSc2ccccc21. The average molecular weight is 249 g/mol. The van der Waals surface area contributed by atoms with Gasteiger partial charge in [0.25, 0.3) is 0 Å². The van der Waals surface area contributed by atoms with Gasteiger partial charge in [0.15, 0.2) is 0 Å². The number of nitrogens with zero attached hydrogens (tertiary/aromatic N) is 1. The molecule has 2 heterocycles. The van der Waals surface area contributed by atoms with E-state index in [1.54, 1.807) is 0 Å². The standard InChI is InChI=1S/C12H11NOS2/c14-12-13(5-6-15-12)7-9-8-16-11-4-2-1-3-10(9)11/h1-6,9H,7-8H2. The minimum atomic E-state index is 0.148. The van der Waals surface area contributed by atoms with Crippen LogP contribution in [-0.2, 0) is 6.54 Å². The molecule has 1 aromatic carbocycles. The minimum Gasteiger partial charge on any atom is -0.305 e. The number of hydrogen-bond donors (Lipinski definition) is 0. The lowest BCUT2D eigenvalue weighted by Crippen LogP contribution is -2.17. The summed E-state index contributed by atoms with van der Waals surface area (Å²) in [5.41, 5.74) is 1.39. The van der Waals surface area contributed by atoms with E-state index in [0.29, 0.717) is 5.92 Å². The van der Waals surface area contributed by atoms with Crippen LogP contribution in [0.15, 0.2) is 45.5 Å². The Morgan fingerprint density at radius 2 is 2.25 bits per heavy atom. The fourth-order valence-corrected chi connectivity index (χ4v) is 3.88. The Labute approximate surface area is 102 Å². The van der Waals surface area contributed by atoms with Crippen LogP contribution in [0.1, 0.15) is 11.5 Å². The first-order chi connectivity index (χ1) is 7.84. The first kappa shape index (κ1) is 10.2. The van der Waals surface area contributed by atoms with Gasteiger partial charge in [0.05, 0.1) is 0 Å². The molecule has 4 heteroatoms.